The van der Waals surface area contributed by atoms with Crippen molar-refractivity contribution in [2.24, 2.45) is 17.8 Å². The van der Waals surface area contributed by atoms with Gasteiger partial charge < -0.3 is 10.6 Å². The van der Waals surface area contributed by atoms with E-state index < -0.39 is 24.0 Å². The van der Waals surface area contributed by atoms with Crippen LogP contribution in [-0.2, 0) is 17.8 Å². The normalized spacial score (nSPS) is 24.9. The van der Waals surface area contributed by atoms with Crippen LogP contribution in [0.4, 0.5) is 13.2 Å². The zero-order chi connectivity index (χ0) is 27.0. The van der Waals surface area contributed by atoms with Gasteiger partial charge in [0.15, 0.2) is 5.65 Å². The topological polar surface area (TPSA) is 106 Å². The van der Waals surface area contributed by atoms with E-state index >= 15 is 0 Å². The van der Waals surface area contributed by atoms with Crippen LogP contribution < -0.4 is 10.6 Å². The monoisotopic (exact) mass is 531 g/mol. The molecule has 0 bridgehead atoms. The third kappa shape index (κ3) is 5.39. The lowest BCUT2D eigenvalue weighted by atomic mass is 9.78. The number of aromatic nitrogens is 5. The predicted octanol–water partition coefficient (Wildman–Crippen LogP) is 3.85. The molecule has 0 radical (unpaired) electrons. The molecule has 38 heavy (non-hydrogen) atoms. The number of hydrogen-bond donors (Lipinski definition) is 2. The summed E-state index contributed by atoms with van der Waals surface area (Å²) in [6, 6.07) is 1.30. The minimum Gasteiger partial charge on any atom is -0.344 e. The van der Waals surface area contributed by atoms with Crippen molar-refractivity contribution in [2.45, 2.75) is 77.2 Å². The van der Waals surface area contributed by atoms with Gasteiger partial charge in [-0.25, -0.2) is 9.50 Å². The first-order chi connectivity index (χ1) is 18.1. The van der Waals surface area contributed by atoms with Crippen molar-refractivity contribution >= 4 is 17.5 Å². The number of amides is 2. The highest BCUT2D eigenvalue weighted by atomic mass is 19.4. The summed E-state index contributed by atoms with van der Waals surface area (Å²) in [4.78, 5) is 30.1. The molecule has 2 fully saturated rings. The van der Waals surface area contributed by atoms with Gasteiger partial charge in [-0.15, -0.1) is 0 Å². The Hall–Kier alpha value is -3.44. The van der Waals surface area contributed by atoms with Gasteiger partial charge in [-0.2, -0.15) is 23.4 Å². The molecule has 2 amide bonds. The number of fused-ring (bicyclic) bond motifs is 1. The van der Waals surface area contributed by atoms with Crippen molar-refractivity contribution in [3.8, 4) is 0 Å². The van der Waals surface area contributed by atoms with Crippen molar-refractivity contribution in [3.63, 3.8) is 0 Å². The van der Waals surface area contributed by atoms with Gasteiger partial charge in [0.2, 0.25) is 5.91 Å². The fourth-order valence-corrected chi connectivity index (χ4v) is 5.66. The quantitative estimate of drug-likeness (QED) is 0.482. The van der Waals surface area contributed by atoms with Crippen molar-refractivity contribution in [2.75, 3.05) is 0 Å². The van der Waals surface area contributed by atoms with Crippen LogP contribution in [-0.4, -0.2) is 48.4 Å². The fourth-order valence-electron chi connectivity index (χ4n) is 5.66. The number of hydrogen-bond acceptors (Lipinski definition) is 5. The summed E-state index contributed by atoms with van der Waals surface area (Å²) in [6.07, 6.45) is 4.41. The van der Waals surface area contributed by atoms with E-state index in [0.29, 0.717) is 35.1 Å². The number of rotatable bonds is 7. The molecule has 3 aromatic rings. The fraction of sp³-hybridized carbons (Fsp3) is 0.577. The molecule has 2 N–H and O–H groups in total. The summed E-state index contributed by atoms with van der Waals surface area (Å²) in [5.74, 6) is -0.750. The number of halogens is 3. The molecule has 2 aliphatic rings. The number of alkyl halides is 3. The van der Waals surface area contributed by atoms with Gasteiger partial charge in [-0.05, 0) is 62.1 Å². The van der Waals surface area contributed by atoms with Gasteiger partial charge in [0.1, 0.15) is 11.7 Å². The summed E-state index contributed by atoms with van der Waals surface area (Å²) in [6.45, 7) is 4.74. The third-order valence-corrected chi connectivity index (χ3v) is 7.87. The van der Waals surface area contributed by atoms with Crippen molar-refractivity contribution in [3.05, 3.63) is 47.7 Å². The van der Waals surface area contributed by atoms with E-state index in [-0.39, 0.29) is 30.7 Å². The van der Waals surface area contributed by atoms with Crippen LogP contribution >= 0.6 is 0 Å². The smallest absolute Gasteiger partial charge is 0.344 e. The molecule has 1 aliphatic carbocycles. The number of carbonyl (C=O) groups is 2. The van der Waals surface area contributed by atoms with E-state index in [0.717, 1.165) is 25.7 Å². The Bertz CT molecular complexity index is 1310. The van der Waals surface area contributed by atoms with Crippen LogP contribution in [0.15, 0.2) is 30.7 Å². The van der Waals surface area contributed by atoms with Crippen LogP contribution in [0.2, 0.25) is 0 Å². The van der Waals surface area contributed by atoms with Crippen LogP contribution in [0, 0.1) is 17.8 Å². The maximum absolute atomic E-state index is 13.2. The Morgan fingerprint density at radius 3 is 2.68 bits per heavy atom. The maximum Gasteiger partial charge on any atom is 0.408 e. The average Bonchev–Trinajstić information content (AvgIpc) is 3.61. The summed E-state index contributed by atoms with van der Waals surface area (Å²) in [7, 11) is 0. The molecule has 4 heterocycles. The molecule has 1 unspecified atom stereocenters. The molecule has 12 heteroatoms. The molecule has 3 aromatic heterocycles. The van der Waals surface area contributed by atoms with Crippen LogP contribution in [0.1, 0.15) is 73.7 Å². The second kappa shape index (κ2) is 10.4. The van der Waals surface area contributed by atoms with Gasteiger partial charge in [-0.1, -0.05) is 19.8 Å². The van der Waals surface area contributed by atoms with E-state index in [1.54, 1.807) is 39.9 Å². The molecule has 204 valence electrons. The van der Waals surface area contributed by atoms with Crippen molar-refractivity contribution in [1.82, 2.24) is 35.0 Å². The number of nitrogens with zero attached hydrogens (tertiary/aromatic N) is 5. The second-order valence-corrected chi connectivity index (χ2v) is 10.6. The highest BCUT2D eigenvalue weighted by molar-refractivity contribution is 5.92. The Morgan fingerprint density at radius 1 is 1.24 bits per heavy atom. The molecule has 1 aliphatic heterocycles. The molecule has 0 aromatic carbocycles. The lowest BCUT2D eigenvalue weighted by Gasteiger charge is -2.32. The Labute approximate surface area is 218 Å². The first kappa shape index (κ1) is 26.2. The first-order valence-electron chi connectivity index (χ1n) is 13.2. The van der Waals surface area contributed by atoms with E-state index in [9.17, 15) is 22.8 Å². The van der Waals surface area contributed by atoms with Crippen LogP contribution in [0.3, 0.4) is 0 Å². The molecule has 3 atom stereocenters. The van der Waals surface area contributed by atoms with Gasteiger partial charge in [-0.3, -0.25) is 14.3 Å². The molecule has 5 rings (SSSR count). The minimum absolute atomic E-state index is 0.145. The van der Waals surface area contributed by atoms with Crippen molar-refractivity contribution < 1.29 is 22.8 Å². The zero-order valence-electron chi connectivity index (χ0n) is 21.4. The van der Waals surface area contributed by atoms with Crippen molar-refractivity contribution in [1.29, 1.82) is 0 Å². The maximum atomic E-state index is 13.2. The summed E-state index contributed by atoms with van der Waals surface area (Å²) < 4.78 is 42.4. The lowest BCUT2D eigenvalue weighted by Crippen LogP contribution is -2.38. The van der Waals surface area contributed by atoms with Crippen LogP contribution in [0.5, 0.6) is 0 Å². The summed E-state index contributed by atoms with van der Waals surface area (Å²) in [5, 5.41) is 13.8. The standard InChI is InChI=1S/C26H32F3N7O2/c1-3-35-20(8-9-30-35)25(38)34-23(17-6-4-15(2)5-7-17)19-14-36-22(32-19)11-16(13-31-36)10-18-12-21(26(27,28)29)33-24(18)37/h8-9,11,13-15,17-18,21,23H,3-7,10,12H2,1-2H3,(H,33,37)(H,34,38)/t15?,17?,18?,21-,23-/m0/s1. The summed E-state index contributed by atoms with van der Waals surface area (Å²) >= 11 is 0. The average molecular weight is 532 g/mol. The number of imidazole rings is 1. The Balaban J connectivity index is 1.38. The molecular formula is C26H32F3N7O2. The molecule has 1 saturated heterocycles. The van der Waals surface area contributed by atoms with Crippen LogP contribution in [0.25, 0.3) is 5.65 Å². The van der Waals surface area contributed by atoms with Gasteiger partial charge in [0.25, 0.3) is 5.91 Å². The number of nitrogens with one attached hydrogen (secondary N) is 2. The molecular weight excluding hydrogens is 499 g/mol. The first-order valence-corrected chi connectivity index (χ1v) is 13.2. The van der Waals surface area contributed by atoms with Gasteiger partial charge in [0.05, 0.1) is 24.1 Å². The van der Waals surface area contributed by atoms with Gasteiger partial charge >= 0.3 is 6.18 Å². The van der Waals surface area contributed by atoms with E-state index in [2.05, 4.69) is 22.4 Å². The third-order valence-electron chi connectivity index (χ3n) is 7.87. The number of carbonyl (C=O) groups excluding carboxylic acids is 2. The van der Waals surface area contributed by atoms with E-state index in [1.165, 1.54) is 0 Å². The van der Waals surface area contributed by atoms with Gasteiger partial charge in [0, 0.05) is 18.7 Å². The highest BCUT2D eigenvalue weighted by Crippen LogP contribution is 2.37. The second-order valence-electron chi connectivity index (χ2n) is 10.6. The minimum atomic E-state index is -4.46. The molecule has 0 spiro atoms. The SMILES string of the molecule is CCn1nccc1C(=O)N[C@H](c1cn2ncc(CC3C[C@@H](C(F)(F)F)NC3=O)cc2n1)C1CCC(C)CC1. The number of aryl methyl sites for hydroxylation is 1. The van der Waals surface area contributed by atoms with E-state index in [1.807, 2.05) is 12.2 Å². The Morgan fingerprint density at radius 2 is 2.00 bits per heavy atom. The zero-order valence-corrected chi connectivity index (χ0v) is 21.4. The molecule has 1 saturated carbocycles. The van der Waals surface area contributed by atoms with E-state index in [4.69, 9.17) is 4.98 Å². The predicted molar refractivity (Wildman–Crippen MR) is 132 cm³/mol. The molecule has 9 nitrogen and oxygen atoms in total. The lowest BCUT2D eigenvalue weighted by molar-refractivity contribution is -0.154. The summed E-state index contributed by atoms with van der Waals surface area (Å²) in [5.41, 5.74) is 2.32. The largest absolute Gasteiger partial charge is 0.408 e. The highest BCUT2D eigenvalue weighted by Gasteiger charge is 2.47. The Kier molecular flexibility index (Phi) is 7.15.